The Morgan fingerprint density at radius 3 is 2.62 bits per heavy atom. The number of benzene rings is 1. The number of nitrogens with zero attached hydrogens (tertiary/aromatic N) is 3. The summed E-state index contributed by atoms with van der Waals surface area (Å²) >= 11 is 1.73. The highest BCUT2D eigenvalue weighted by molar-refractivity contribution is 7.97. The number of aryl methyl sites for hydroxylation is 1. The highest BCUT2D eigenvalue weighted by Gasteiger charge is 2.02. The van der Waals surface area contributed by atoms with Crippen molar-refractivity contribution in [2.75, 3.05) is 6.26 Å². The van der Waals surface area contributed by atoms with Gasteiger partial charge in [-0.15, -0.1) is 16.9 Å². The fourth-order valence-electron chi connectivity index (χ4n) is 1.54. The molecule has 0 aliphatic carbocycles. The fraction of sp³-hybridized carbons (Fsp3) is 0.333. The van der Waals surface area contributed by atoms with Crippen molar-refractivity contribution < 1.29 is 0 Å². The van der Waals surface area contributed by atoms with Crippen molar-refractivity contribution in [1.29, 1.82) is 0 Å². The molecule has 0 fully saturated rings. The summed E-state index contributed by atoms with van der Waals surface area (Å²) in [6, 6.07) is 8.49. The topological polar surface area (TPSA) is 30.7 Å². The Bertz CT molecular complexity index is 448. The maximum Gasteiger partial charge on any atom is 0.113 e. The third-order valence-corrected chi connectivity index (χ3v) is 2.98. The third kappa shape index (κ3) is 2.44. The average Bonchev–Trinajstić information content (AvgIpc) is 2.78. The minimum Gasteiger partial charge on any atom is -0.242 e. The van der Waals surface area contributed by atoms with Crippen LogP contribution in [0.5, 0.6) is 0 Å². The van der Waals surface area contributed by atoms with Gasteiger partial charge in [0.25, 0.3) is 0 Å². The molecule has 0 radical (unpaired) electrons. The molecule has 84 valence electrons. The van der Waals surface area contributed by atoms with E-state index in [0.717, 1.165) is 23.6 Å². The number of hydrogen-bond donors (Lipinski definition) is 0. The van der Waals surface area contributed by atoms with Gasteiger partial charge in [-0.3, -0.25) is 0 Å². The summed E-state index contributed by atoms with van der Waals surface area (Å²) in [7, 11) is 0. The molecule has 0 amide bonds. The first kappa shape index (κ1) is 11.2. The maximum absolute atomic E-state index is 4.16. The van der Waals surface area contributed by atoms with Crippen molar-refractivity contribution in [1.82, 2.24) is 15.0 Å². The van der Waals surface area contributed by atoms with E-state index in [0.29, 0.717) is 0 Å². The van der Waals surface area contributed by atoms with Crippen LogP contribution in [0.2, 0.25) is 0 Å². The van der Waals surface area contributed by atoms with Crippen LogP contribution in [0.25, 0.3) is 11.3 Å². The Kier molecular flexibility index (Phi) is 3.62. The summed E-state index contributed by atoms with van der Waals surface area (Å²) in [5.41, 5.74) is 3.42. The van der Waals surface area contributed by atoms with Crippen LogP contribution in [0.1, 0.15) is 12.5 Å². The summed E-state index contributed by atoms with van der Waals surface area (Å²) < 4.78 is 1.85. The van der Waals surface area contributed by atoms with Crippen molar-refractivity contribution in [3.63, 3.8) is 0 Å². The van der Waals surface area contributed by atoms with Crippen LogP contribution in [-0.2, 0) is 12.3 Å². The lowest BCUT2D eigenvalue weighted by Crippen LogP contribution is -1.93. The molecule has 0 saturated carbocycles. The average molecular weight is 233 g/mol. The third-order valence-electron chi connectivity index (χ3n) is 2.46. The summed E-state index contributed by atoms with van der Waals surface area (Å²) in [6.45, 7) is 2.16. The molecule has 16 heavy (non-hydrogen) atoms. The summed E-state index contributed by atoms with van der Waals surface area (Å²) in [6.07, 6.45) is 5.11. The zero-order valence-corrected chi connectivity index (χ0v) is 10.4. The molecule has 0 aliphatic heterocycles. The van der Waals surface area contributed by atoms with Crippen LogP contribution in [0, 0.1) is 0 Å². The Morgan fingerprint density at radius 2 is 2.00 bits per heavy atom. The predicted molar refractivity (Wildman–Crippen MR) is 68.4 cm³/mol. The molecule has 2 rings (SSSR count). The van der Waals surface area contributed by atoms with Crippen molar-refractivity contribution in [3.8, 4) is 11.3 Å². The summed E-state index contributed by atoms with van der Waals surface area (Å²) in [4.78, 5) is 0. The zero-order valence-electron chi connectivity index (χ0n) is 9.55. The van der Waals surface area contributed by atoms with Gasteiger partial charge in [0.2, 0.25) is 0 Å². The number of aromatic nitrogens is 3. The fourth-order valence-corrected chi connectivity index (χ4v) is 1.93. The molecule has 4 heteroatoms. The van der Waals surface area contributed by atoms with Crippen LogP contribution in [0.3, 0.4) is 0 Å². The van der Waals surface area contributed by atoms with Gasteiger partial charge < -0.3 is 0 Å². The van der Waals surface area contributed by atoms with Crippen molar-refractivity contribution in [2.24, 2.45) is 0 Å². The van der Waals surface area contributed by atoms with Crippen LogP contribution in [0.4, 0.5) is 0 Å². The lowest BCUT2D eigenvalue weighted by atomic mass is 10.1. The van der Waals surface area contributed by atoms with Gasteiger partial charge in [0.1, 0.15) is 5.69 Å². The van der Waals surface area contributed by atoms with E-state index in [1.165, 1.54) is 5.56 Å². The monoisotopic (exact) mass is 233 g/mol. The molecular weight excluding hydrogens is 218 g/mol. The Labute approximate surface area is 99.9 Å². The highest BCUT2D eigenvalue weighted by atomic mass is 32.2. The zero-order chi connectivity index (χ0) is 11.4. The Balaban J connectivity index is 2.21. The molecule has 1 heterocycles. The van der Waals surface area contributed by atoms with E-state index < -0.39 is 0 Å². The number of thioether (sulfide) groups is 1. The van der Waals surface area contributed by atoms with Gasteiger partial charge in [0.15, 0.2) is 0 Å². The van der Waals surface area contributed by atoms with Gasteiger partial charge in [-0.25, -0.2) is 4.68 Å². The summed E-state index contributed by atoms with van der Waals surface area (Å²) in [5, 5.41) is 8.23. The smallest absolute Gasteiger partial charge is 0.113 e. The van der Waals surface area contributed by atoms with E-state index in [2.05, 4.69) is 47.8 Å². The van der Waals surface area contributed by atoms with Crippen LogP contribution < -0.4 is 0 Å². The molecule has 0 unspecified atom stereocenters. The van der Waals surface area contributed by atoms with E-state index in [9.17, 15) is 0 Å². The Morgan fingerprint density at radius 1 is 1.25 bits per heavy atom. The van der Waals surface area contributed by atoms with Gasteiger partial charge in [-0.05, 0) is 18.2 Å². The van der Waals surface area contributed by atoms with Gasteiger partial charge in [0, 0.05) is 5.56 Å². The molecule has 2 aromatic rings. The second kappa shape index (κ2) is 5.16. The lowest BCUT2D eigenvalue weighted by Gasteiger charge is -1.98. The molecule has 1 aromatic heterocycles. The minimum absolute atomic E-state index is 0.847. The second-order valence-corrected chi connectivity index (χ2v) is 4.45. The summed E-state index contributed by atoms with van der Waals surface area (Å²) in [5.74, 6) is 0.847. The molecule has 0 aliphatic rings. The standard InChI is InChI=1S/C12H15N3S/c1-3-10-4-6-11(7-5-10)12-8-15(9-16-2)14-13-12/h4-8H,3,9H2,1-2H3. The van der Waals surface area contributed by atoms with E-state index in [1.54, 1.807) is 11.8 Å². The number of rotatable bonds is 4. The lowest BCUT2D eigenvalue weighted by molar-refractivity contribution is 0.702. The molecule has 1 aromatic carbocycles. The molecule has 0 bridgehead atoms. The van der Waals surface area contributed by atoms with Crippen LogP contribution in [0.15, 0.2) is 30.5 Å². The van der Waals surface area contributed by atoms with Crippen molar-refractivity contribution >= 4 is 11.8 Å². The predicted octanol–water partition coefficient (Wildman–Crippen LogP) is 2.83. The molecule has 0 spiro atoms. The first-order valence-electron chi connectivity index (χ1n) is 5.32. The molecule has 0 saturated heterocycles. The Hall–Kier alpha value is -1.29. The molecule has 3 nitrogen and oxygen atoms in total. The molecule has 0 atom stereocenters. The first-order chi connectivity index (χ1) is 7.83. The maximum atomic E-state index is 4.16. The van der Waals surface area contributed by atoms with Crippen molar-refractivity contribution in [3.05, 3.63) is 36.0 Å². The van der Waals surface area contributed by atoms with Crippen molar-refractivity contribution in [2.45, 2.75) is 19.2 Å². The van der Waals surface area contributed by atoms with Gasteiger partial charge >= 0.3 is 0 Å². The molecule has 0 N–H and O–H groups in total. The second-order valence-electron chi connectivity index (χ2n) is 3.61. The van der Waals surface area contributed by atoms with E-state index in [-0.39, 0.29) is 0 Å². The van der Waals surface area contributed by atoms with E-state index >= 15 is 0 Å². The number of hydrogen-bond acceptors (Lipinski definition) is 3. The SMILES string of the molecule is CCc1ccc(-c2cn(CSC)nn2)cc1. The first-order valence-corrected chi connectivity index (χ1v) is 6.71. The minimum atomic E-state index is 0.847. The highest BCUT2D eigenvalue weighted by Crippen LogP contribution is 2.17. The van der Waals surface area contributed by atoms with E-state index in [1.807, 2.05) is 10.9 Å². The van der Waals surface area contributed by atoms with Gasteiger partial charge in [0.05, 0.1) is 12.1 Å². The largest absolute Gasteiger partial charge is 0.242 e. The van der Waals surface area contributed by atoms with Crippen LogP contribution in [-0.4, -0.2) is 21.2 Å². The van der Waals surface area contributed by atoms with Gasteiger partial charge in [-0.1, -0.05) is 36.4 Å². The molecular formula is C12H15N3S. The van der Waals surface area contributed by atoms with Crippen LogP contribution >= 0.6 is 11.8 Å². The normalized spacial score (nSPS) is 10.6. The quantitative estimate of drug-likeness (QED) is 0.813. The van der Waals surface area contributed by atoms with Gasteiger partial charge in [-0.2, -0.15) is 0 Å². The van der Waals surface area contributed by atoms with E-state index in [4.69, 9.17) is 0 Å².